The van der Waals surface area contributed by atoms with Gasteiger partial charge < -0.3 is 14.5 Å². The summed E-state index contributed by atoms with van der Waals surface area (Å²) in [6.07, 6.45) is 3.59. The van der Waals surface area contributed by atoms with Crippen molar-refractivity contribution in [2.24, 2.45) is 11.8 Å². The van der Waals surface area contributed by atoms with Crippen molar-refractivity contribution in [3.63, 3.8) is 0 Å². The summed E-state index contributed by atoms with van der Waals surface area (Å²) in [5.74, 6) is 1.19. The highest BCUT2D eigenvalue weighted by molar-refractivity contribution is 6.34. The lowest BCUT2D eigenvalue weighted by Crippen LogP contribution is -2.44. The van der Waals surface area contributed by atoms with E-state index in [9.17, 15) is 9.59 Å². The Morgan fingerprint density at radius 3 is 2.20 bits per heavy atom. The van der Waals surface area contributed by atoms with E-state index in [1.165, 1.54) is 0 Å². The first-order valence-corrected chi connectivity index (χ1v) is 12.7. The smallest absolute Gasteiger partial charge is 0.410 e. The molecule has 35 heavy (non-hydrogen) atoms. The van der Waals surface area contributed by atoms with Gasteiger partial charge in [0.05, 0.1) is 5.52 Å². The molecular weight excluding hydrogens is 489 g/mol. The van der Waals surface area contributed by atoms with Crippen LogP contribution in [0.1, 0.15) is 41.6 Å². The van der Waals surface area contributed by atoms with Crippen LogP contribution >= 0.6 is 23.2 Å². The molecule has 0 bridgehead atoms. The highest BCUT2D eigenvalue weighted by Gasteiger charge is 2.32. The monoisotopic (exact) mass is 515 g/mol. The predicted octanol–water partition coefficient (Wildman–Crippen LogP) is 5.17. The van der Waals surface area contributed by atoms with Crippen LogP contribution in [-0.4, -0.2) is 63.4 Å². The molecule has 0 atom stereocenters. The van der Waals surface area contributed by atoms with Gasteiger partial charge in [0, 0.05) is 41.8 Å². The molecule has 3 heterocycles. The minimum Gasteiger partial charge on any atom is -0.445 e. The second kappa shape index (κ2) is 10.4. The van der Waals surface area contributed by atoms with E-state index in [1.807, 2.05) is 17.0 Å². The topological polar surface area (TPSA) is 91.4 Å². The number of aromatic amines is 1. The first kappa shape index (κ1) is 23.9. The molecule has 5 rings (SSSR count). The van der Waals surface area contributed by atoms with Crippen LogP contribution in [0.2, 0.25) is 10.0 Å². The number of fused-ring (bicyclic) bond motifs is 1. The van der Waals surface area contributed by atoms with Crippen LogP contribution in [0.4, 0.5) is 4.79 Å². The number of nitrogens with one attached hydrogen (secondary N) is 1. The fourth-order valence-electron chi connectivity index (χ4n) is 5.22. The van der Waals surface area contributed by atoms with E-state index >= 15 is 0 Å². The number of hydrogen-bond acceptors (Lipinski definition) is 5. The summed E-state index contributed by atoms with van der Waals surface area (Å²) >= 11 is 12.0. The maximum absolute atomic E-state index is 13.0. The van der Waals surface area contributed by atoms with Gasteiger partial charge in [-0.25, -0.2) is 4.79 Å². The van der Waals surface area contributed by atoms with E-state index in [0.29, 0.717) is 46.1 Å². The van der Waals surface area contributed by atoms with Gasteiger partial charge in [0.1, 0.15) is 12.1 Å². The number of likely N-dealkylation sites (tertiary alicyclic amines) is 2. The summed E-state index contributed by atoms with van der Waals surface area (Å²) in [5, 5.41) is 11.6. The van der Waals surface area contributed by atoms with Gasteiger partial charge in [-0.3, -0.25) is 9.89 Å². The number of carbonyl (C=O) groups excluding carboxylic acids is 2. The number of carbonyl (C=O) groups is 2. The van der Waals surface area contributed by atoms with Crippen molar-refractivity contribution in [1.82, 2.24) is 25.2 Å². The summed E-state index contributed by atoms with van der Waals surface area (Å²) in [5.41, 5.74) is 2.95. The Kier molecular flexibility index (Phi) is 7.11. The number of H-pyrrole nitrogens is 1. The third-order valence-electron chi connectivity index (χ3n) is 7.15. The maximum Gasteiger partial charge on any atom is 0.410 e. The molecule has 0 unspecified atom stereocenters. The Morgan fingerprint density at radius 1 is 0.914 bits per heavy atom. The lowest BCUT2D eigenvalue weighted by atomic mass is 9.79. The molecule has 2 aliphatic heterocycles. The largest absolute Gasteiger partial charge is 0.445 e. The molecule has 0 aliphatic carbocycles. The fraction of sp³-hybridized carbons (Fsp3) is 0.440. The van der Waals surface area contributed by atoms with Gasteiger partial charge in [-0.2, -0.15) is 0 Å². The highest BCUT2D eigenvalue weighted by Crippen LogP contribution is 2.33. The van der Waals surface area contributed by atoms with E-state index in [1.54, 1.807) is 29.2 Å². The molecule has 8 nitrogen and oxygen atoms in total. The molecule has 10 heteroatoms. The third-order valence-corrected chi connectivity index (χ3v) is 7.59. The summed E-state index contributed by atoms with van der Waals surface area (Å²) in [6.45, 7) is 3.04. The number of ether oxygens (including phenoxy) is 1. The average Bonchev–Trinajstić information content (AvgIpc) is 3.34. The van der Waals surface area contributed by atoms with E-state index in [-0.39, 0.29) is 18.6 Å². The van der Waals surface area contributed by atoms with E-state index < -0.39 is 0 Å². The normalized spacial score (nSPS) is 17.7. The van der Waals surface area contributed by atoms with Crippen LogP contribution in [-0.2, 0) is 11.3 Å². The van der Waals surface area contributed by atoms with Gasteiger partial charge in [-0.1, -0.05) is 28.4 Å². The third kappa shape index (κ3) is 5.54. The van der Waals surface area contributed by atoms with E-state index in [4.69, 9.17) is 27.9 Å². The average molecular weight is 516 g/mol. The Hall–Kier alpha value is -2.84. The molecule has 0 radical (unpaired) electrons. The molecule has 0 spiro atoms. The Balaban J connectivity index is 1.07. The summed E-state index contributed by atoms with van der Waals surface area (Å²) in [7, 11) is 0. The van der Waals surface area contributed by atoms with Gasteiger partial charge in [0.2, 0.25) is 0 Å². The lowest BCUT2D eigenvalue weighted by molar-refractivity contribution is 0.0544. The van der Waals surface area contributed by atoms with Gasteiger partial charge in [0.15, 0.2) is 0 Å². The second-order valence-corrected chi connectivity index (χ2v) is 10.2. The first-order chi connectivity index (χ1) is 17.0. The Bertz CT molecular complexity index is 1200. The molecule has 2 amide bonds. The molecule has 2 aliphatic rings. The van der Waals surface area contributed by atoms with Crippen LogP contribution < -0.4 is 0 Å². The SMILES string of the molecule is O=C(OCc1cc(Cl)cc(Cl)c1)N1CCC(C2CCN(C(=O)c3ccc4[nH]nnc4c3)CC2)CC1. The number of rotatable bonds is 4. The fourth-order valence-corrected chi connectivity index (χ4v) is 5.79. The van der Waals surface area contributed by atoms with E-state index in [2.05, 4.69) is 15.4 Å². The molecule has 0 saturated carbocycles. The summed E-state index contributed by atoms with van der Waals surface area (Å²) < 4.78 is 5.48. The van der Waals surface area contributed by atoms with Crippen LogP contribution in [0.15, 0.2) is 36.4 Å². The molecule has 3 aromatic rings. The Morgan fingerprint density at radius 2 is 1.54 bits per heavy atom. The Labute approximate surface area is 213 Å². The number of aromatic nitrogens is 3. The van der Waals surface area contributed by atoms with Crippen molar-refractivity contribution in [3.05, 3.63) is 57.6 Å². The molecule has 2 saturated heterocycles. The van der Waals surface area contributed by atoms with Gasteiger partial charge in [-0.05, 0) is 79.5 Å². The zero-order valence-corrected chi connectivity index (χ0v) is 20.8. The second-order valence-electron chi connectivity index (χ2n) is 9.33. The standard InChI is InChI=1S/C25H27Cl2N5O3/c26-20-11-16(12-21(27)14-20)15-35-25(34)32-9-5-18(6-10-32)17-3-7-31(8-4-17)24(33)19-1-2-22-23(13-19)29-30-28-22/h1-2,11-14,17-18H,3-10,15H2,(H,28,29,30). The zero-order valence-electron chi connectivity index (χ0n) is 19.3. The number of hydrogen-bond donors (Lipinski definition) is 1. The molecule has 1 N–H and O–H groups in total. The van der Waals surface area contributed by atoms with Gasteiger partial charge in [0.25, 0.3) is 5.91 Å². The van der Waals surface area contributed by atoms with Crippen LogP contribution in [0, 0.1) is 11.8 Å². The van der Waals surface area contributed by atoms with Crippen molar-refractivity contribution in [2.45, 2.75) is 32.3 Å². The summed E-state index contributed by atoms with van der Waals surface area (Å²) in [6, 6.07) is 10.6. The lowest BCUT2D eigenvalue weighted by Gasteiger charge is -2.40. The minimum absolute atomic E-state index is 0.0481. The molecule has 184 valence electrons. The van der Waals surface area contributed by atoms with Crippen molar-refractivity contribution >= 4 is 46.2 Å². The summed E-state index contributed by atoms with van der Waals surface area (Å²) in [4.78, 5) is 29.2. The first-order valence-electron chi connectivity index (χ1n) is 11.9. The van der Waals surface area contributed by atoms with Gasteiger partial charge >= 0.3 is 6.09 Å². The minimum atomic E-state index is -0.302. The number of benzene rings is 2. The van der Waals surface area contributed by atoms with Crippen molar-refractivity contribution in [3.8, 4) is 0 Å². The zero-order chi connectivity index (χ0) is 24.4. The number of halogens is 2. The van der Waals surface area contributed by atoms with Crippen molar-refractivity contribution in [2.75, 3.05) is 26.2 Å². The predicted molar refractivity (Wildman–Crippen MR) is 133 cm³/mol. The van der Waals surface area contributed by atoms with Crippen molar-refractivity contribution in [1.29, 1.82) is 0 Å². The van der Waals surface area contributed by atoms with Crippen LogP contribution in [0.25, 0.3) is 11.0 Å². The van der Waals surface area contributed by atoms with Crippen LogP contribution in [0.3, 0.4) is 0 Å². The number of amides is 2. The number of piperidine rings is 2. The quantitative estimate of drug-likeness (QED) is 0.517. The van der Waals surface area contributed by atoms with E-state index in [0.717, 1.165) is 49.9 Å². The van der Waals surface area contributed by atoms with Gasteiger partial charge in [-0.15, -0.1) is 5.10 Å². The van der Waals surface area contributed by atoms with Crippen molar-refractivity contribution < 1.29 is 14.3 Å². The maximum atomic E-state index is 13.0. The van der Waals surface area contributed by atoms with Crippen LogP contribution in [0.5, 0.6) is 0 Å². The molecule has 2 fully saturated rings. The highest BCUT2D eigenvalue weighted by atomic mass is 35.5. The molecular formula is C25H27Cl2N5O3. The number of nitrogens with zero attached hydrogens (tertiary/aromatic N) is 4. The molecule has 2 aromatic carbocycles. The molecule has 1 aromatic heterocycles.